The molecule has 4 aliphatic rings. The fourth-order valence-electron chi connectivity index (χ4n) is 9.29. The molecular formula is C30H36N2O48S12-12. The molecule has 50 nitrogen and oxygen atoms in total. The van der Waals surface area contributed by atoms with Gasteiger partial charge < -0.3 is 54.6 Å². The normalized spacial score (nSPS) is 30.3. The van der Waals surface area contributed by atoms with Gasteiger partial charge in [0.1, 0.15) is 73.2 Å². The van der Waals surface area contributed by atoms with E-state index in [1.807, 2.05) is 0 Å². The summed E-state index contributed by atoms with van der Waals surface area (Å²) in [5.41, 5.74) is 0. The highest BCUT2D eigenvalue weighted by Gasteiger charge is 2.53. The molecule has 0 aromatic carbocycles. The van der Waals surface area contributed by atoms with E-state index in [0.717, 1.165) is 0 Å². The van der Waals surface area contributed by atoms with Crippen molar-refractivity contribution in [1.29, 1.82) is 0 Å². The van der Waals surface area contributed by atoms with E-state index in [1.54, 1.807) is 0 Å². The van der Waals surface area contributed by atoms with Crippen molar-refractivity contribution >= 4 is 125 Å². The molecule has 16 atom stereocenters. The van der Waals surface area contributed by atoms with Gasteiger partial charge in [-0.1, -0.05) is 61.4 Å². The summed E-state index contributed by atoms with van der Waals surface area (Å²) in [6, 6.07) is -10.5. The second kappa shape index (κ2) is 30.2. The van der Waals surface area contributed by atoms with E-state index in [1.165, 1.54) is 0 Å². The summed E-state index contributed by atoms with van der Waals surface area (Å²) in [5.74, 6) is 0. The molecule has 0 unspecified atom stereocenters. The third-order valence-electron chi connectivity index (χ3n) is 11.8. The van der Waals surface area contributed by atoms with E-state index in [0.29, 0.717) is 34.1 Å². The maximum Gasteiger partial charge on any atom is 0.218 e. The van der Waals surface area contributed by atoms with Gasteiger partial charge in [-0.3, -0.25) is 60.0 Å². The maximum atomic E-state index is 12.3. The Labute approximate surface area is 521 Å². The molecule has 0 aromatic heterocycles. The third kappa shape index (κ3) is 28.8. The minimum Gasteiger partial charge on any atom is -0.726 e. The molecule has 538 valence electrons. The quantitative estimate of drug-likeness (QED) is 0.0246. The van der Waals surface area contributed by atoms with Crippen LogP contribution in [0.15, 0.2) is 48.6 Å². The van der Waals surface area contributed by atoms with Crippen LogP contribution in [0.2, 0.25) is 0 Å². The van der Waals surface area contributed by atoms with Crippen molar-refractivity contribution in [2.24, 2.45) is 0 Å². The summed E-state index contributed by atoms with van der Waals surface area (Å²) in [6.07, 6.45) is -38.4. The average molecular weight is 1580 g/mol. The van der Waals surface area contributed by atoms with Crippen LogP contribution in [0.1, 0.15) is 25.7 Å². The highest BCUT2D eigenvalue weighted by Crippen LogP contribution is 2.38. The Morgan fingerprint density at radius 2 is 0.348 bits per heavy atom. The van der Waals surface area contributed by atoms with Crippen LogP contribution in [0.25, 0.3) is 0 Å². The molecule has 0 aliphatic heterocycles. The Kier molecular flexibility index (Phi) is 26.8. The molecule has 0 heterocycles. The first-order valence-electron chi connectivity index (χ1n) is 23.0. The molecule has 0 radical (unpaired) electrons. The lowest BCUT2D eigenvalue weighted by Gasteiger charge is -2.49. The Morgan fingerprint density at radius 3 is 0.489 bits per heavy atom. The lowest BCUT2D eigenvalue weighted by Crippen LogP contribution is -2.64. The molecule has 0 spiro atoms. The Balaban J connectivity index is 2.02. The van der Waals surface area contributed by atoms with Crippen molar-refractivity contribution < 1.29 is 206 Å². The fraction of sp³-hybridized carbons (Fsp3) is 0.733. The zero-order valence-corrected chi connectivity index (χ0v) is 53.3. The maximum absolute atomic E-state index is 12.3. The minimum absolute atomic E-state index is 0.198. The van der Waals surface area contributed by atoms with Crippen LogP contribution in [0.4, 0.5) is 0 Å². The molecule has 0 amide bonds. The predicted octanol–water partition coefficient (Wildman–Crippen LogP) is -11.0. The number of unbranched alkanes of at least 4 members (excludes halogenated alkanes) is 3. The van der Waals surface area contributed by atoms with Crippen LogP contribution >= 0.6 is 0 Å². The van der Waals surface area contributed by atoms with Crippen LogP contribution in [0.3, 0.4) is 0 Å². The van der Waals surface area contributed by atoms with Crippen molar-refractivity contribution in [2.45, 2.75) is 123 Å². The van der Waals surface area contributed by atoms with E-state index in [2.05, 4.69) is 50.2 Å². The zero-order chi connectivity index (χ0) is 70.8. The first-order chi connectivity index (χ1) is 41.1. The standard InChI is InChI=1S/C30H48N2O48S12/c33-81(34,35)69-19-9-5-15(23(73-85(45,46)47)27(19)77-89(57,58)59)31(16-6-10-20(70-82(36,37)38)28(78-90(60,61)62)24(16)74-86(48,49)50)13-3-1-2-4-14-32(17-7-11-21(71-83(39,40)41)29(79-91(63,64)65)25(17)75-87(51,52)53)18-8-12-22(72-84(42,43)44)30(80-92(66,67)68)26(18)76-88(54,55)56/h5-12,15-30H,1-4,13-14H2,(H,33,34,35)(H,36,37,38)(H,39,40,41)(H,42,43,44)(H,45,46,47)(H,48,49,50)(H,51,52,53)(H,54,55,56)(H,57,58,59)(H,60,61,62)(H,63,64,65)(H,66,67,68)/p-12/t15-,16-,17-,18-,19+,20+,21+,22+,23+,24+,25+,26+,27+,28+,29+,30+/m0/s1. The number of hydrogen-bond acceptors (Lipinski definition) is 50. The van der Waals surface area contributed by atoms with Crippen LogP contribution in [0.5, 0.6) is 0 Å². The van der Waals surface area contributed by atoms with Crippen LogP contribution in [-0.2, 0) is 175 Å². The molecule has 0 saturated carbocycles. The van der Waals surface area contributed by atoms with Gasteiger partial charge in [0.2, 0.25) is 125 Å². The van der Waals surface area contributed by atoms with E-state index in [9.17, 15) is 156 Å². The summed E-state index contributed by atoms with van der Waals surface area (Å²) in [5, 5.41) is 0. The van der Waals surface area contributed by atoms with Crippen molar-refractivity contribution in [3.05, 3.63) is 48.6 Å². The highest BCUT2D eigenvalue weighted by molar-refractivity contribution is 7.83. The lowest BCUT2D eigenvalue weighted by molar-refractivity contribution is -0.0839. The minimum atomic E-state index is -6.49. The predicted molar refractivity (Wildman–Crippen MR) is 258 cm³/mol. The number of rotatable bonds is 35. The summed E-state index contributed by atoms with van der Waals surface area (Å²) in [4.78, 5) is 0.643. The molecule has 0 N–H and O–H groups in total. The molecule has 0 saturated heterocycles. The Hall–Kier alpha value is -2.68. The van der Waals surface area contributed by atoms with Gasteiger partial charge in [0.05, 0.1) is 24.2 Å². The smallest absolute Gasteiger partial charge is 0.218 e. The number of hydrogen-bond donors (Lipinski definition) is 0. The van der Waals surface area contributed by atoms with Gasteiger partial charge >= 0.3 is 0 Å². The van der Waals surface area contributed by atoms with E-state index >= 15 is 0 Å². The van der Waals surface area contributed by atoms with E-state index < -0.39 is 261 Å². The molecule has 4 rings (SSSR count). The topological polar surface area (TPSA) is 804 Å². The largest absolute Gasteiger partial charge is 0.726 e. The van der Waals surface area contributed by atoms with Gasteiger partial charge in [0.25, 0.3) is 0 Å². The molecular weight excluding hydrogens is 1540 g/mol. The first kappa shape index (κ1) is 81.7. The lowest BCUT2D eigenvalue weighted by atomic mass is 9.87. The Bertz CT molecular complexity index is 3680. The van der Waals surface area contributed by atoms with Gasteiger partial charge in [-0.25, -0.2) is 101 Å². The van der Waals surface area contributed by atoms with Gasteiger partial charge in [-0.05, 0) is 25.9 Å². The molecule has 0 aromatic rings. The van der Waals surface area contributed by atoms with Crippen molar-refractivity contribution in [3.8, 4) is 0 Å². The summed E-state index contributed by atoms with van der Waals surface area (Å²) >= 11 is 0. The fourth-order valence-corrected chi connectivity index (χ4v) is 15.0. The monoisotopic (exact) mass is 1580 g/mol. The Morgan fingerprint density at radius 1 is 0.207 bits per heavy atom. The van der Waals surface area contributed by atoms with Crippen molar-refractivity contribution in [1.82, 2.24) is 9.80 Å². The first-order valence-corrected chi connectivity index (χ1v) is 39.0. The van der Waals surface area contributed by atoms with Crippen molar-refractivity contribution in [2.75, 3.05) is 13.1 Å². The van der Waals surface area contributed by atoms with Crippen LogP contribution in [0, 0.1) is 0 Å². The van der Waals surface area contributed by atoms with Gasteiger partial charge in [0.15, 0.2) is 0 Å². The average Bonchev–Trinajstić information content (AvgIpc) is 0.767. The second-order valence-electron chi connectivity index (χ2n) is 18.0. The van der Waals surface area contributed by atoms with Crippen molar-refractivity contribution in [3.63, 3.8) is 0 Å². The van der Waals surface area contributed by atoms with Crippen LogP contribution < -0.4 is 0 Å². The third-order valence-corrected chi connectivity index (χ3v) is 17.3. The number of nitrogens with zero attached hydrogens (tertiary/aromatic N) is 2. The molecule has 0 fully saturated rings. The van der Waals surface area contributed by atoms with Gasteiger partial charge in [0, 0.05) is 0 Å². The second-order valence-corrected chi connectivity index (χ2v) is 30.1. The summed E-state index contributed by atoms with van der Waals surface area (Å²) in [7, 11) is -76.4. The molecule has 0 bridgehead atoms. The SMILES string of the molecule is O=S(=O)([O-])O[C@H]1[C@H](OS(=O)(=O)[O-])[C@@H](N(CCCCCCN([C@H]2C=C[C@@H](OS(=O)(=O)[O-])[C@@H](OS(=O)(=O)[O-])[C@@H]2OS(=O)(=O)[O-])[C@H]2C=C[C@@H](OS(=O)(=O)[O-])[C@@H](OS(=O)(=O)[O-])[C@@H]2OS(=O)(=O)[O-])[C@H]2C=C[C@@H](OS(=O)(=O)[O-])[C@@H](OS(=O)(=O)[O-])[C@@H]2OS(=O)(=O)[O-])C=C[C@H]1OS(=O)(=O)[O-]. The molecule has 62 heteroatoms. The van der Waals surface area contributed by atoms with Gasteiger partial charge in [-0.15, -0.1) is 0 Å². The van der Waals surface area contributed by atoms with E-state index in [4.69, 9.17) is 0 Å². The zero-order valence-electron chi connectivity index (χ0n) is 43.5. The highest BCUT2D eigenvalue weighted by atomic mass is 32.3. The van der Waals surface area contributed by atoms with Gasteiger partial charge in [-0.2, -0.15) is 0 Å². The summed E-state index contributed by atoms with van der Waals surface area (Å²) < 4.78 is 482. The molecule has 4 aliphatic carbocycles. The van der Waals surface area contributed by atoms with Crippen LogP contribution in [-0.4, -0.2) is 276 Å². The summed E-state index contributed by atoms with van der Waals surface area (Å²) in [6.45, 7) is -2.42. The van der Waals surface area contributed by atoms with E-state index in [-0.39, 0.29) is 24.3 Å². The molecule has 92 heavy (non-hydrogen) atoms.